The topological polar surface area (TPSA) is 0 Å². The normalized spacial score (nSPS) is 11.6. The number of unbranched alkanes of at least 4 members (excludes halogenated alkanes) is 18. The summed E-state index contributed by atoms with van der Waals surface area (Å²) in [7, 11) is 2.45. The average molecular weight is 511 g/mol. The fourth-order valence-electron chi connectivity index (χ4n) is 4.50. The van der Waals surface area contributed by atoms with Crippen molar-refractivity contribution < 1.29 is 21.5 Å². The maximum atomic E-state index is 6.14. The van der Waals surface area contributed by atoms with E-state index in [1.54, 1.807) is 0 Å². The molecule has 0 spiro atoms. The number of rotatable bonds is 24. The molecule has 0 aliphatic carbocycles. The Morgan fingerprint density at radius 3 is 0.967 bits per heavy atom. The molecule has 0 atom stereocenters. The van der Waals surface area contributed by atoms with Gasteiger partial charge in [-0.15, -0.1) is 11.6 Å². The maximum Gasteiger partial charge on any atom is 0.0922 e. The van der Waals surface area contributed by atoms with Crippen LogP contribution >= 0.6 is 11.6 Å². The molecule has 0 aromatic carbocycles. The third-order valence-electron chi connectivity index (χ3n) is 6.73. The van der Waals surface area contributed by atoms with Gasteiger partial charge in [-0.3, -0.25) is 0 Å². The van der Waals surface area contributed by atoms with E-state index in [4.69, 9.17) is 11.6 Å². The molecule has 0 heterocycles. The van der Waals surface area contributed by atoms with Gasteiger partial charge in [0, 0.05) is 0 Å². The first-order valence-corrected chi connectivity index (χ1v) is 14.1. The van der Waals surface area contributed by atoms with E-state index >= 15 is 0 Å². The molecule has 30 heavy (non-hydrogen) atoms. The summed E-state index contributed by atoms with van der Waals surface area (Å²) >= 11 is 6.14. The molecule has 0 bridgehead atoms. The fraction of sp³-hybridized carbons (Fsp3) is 1.00. The molecule has 0 saturated carbocycles. The zero-order chi connectivity index (χ0) is 21.5. The molecule has 0 N–H and O–H groups in total. The molecule has 0 amide bonds. The molecule has 0 aliphatic heterocycles. The van der Waals surface area contributed by atoms with Crippen LogP contribution in [0.2, 0.25) is 0 Å². The summed E-state index contributed by atoms with van der Waals surface area (Å²) in [4.78, 5) is 0. The zero-order valence-electron chi connectivity index (χ0n) is 21.2. The first-order chi connectivity index (χ1) is 14.2. The van der Waals surface area contributed by atoms with Gasteiger partial charge < -0.3 is 21.5 Å². The van der Waals surface area contributed by atoms with Crippen LogP contribution in [0.3, 0.4) is 0 Å². The molecule has 0 unspecified atom stereocenters. The van der Waals surface area contributed by atoms with Crippen LogP contribution in [0.1, 0.15) is 142 Å². The monoisotopic (exact) mass is 509 g/mol. The molecule has 0 aromatic rings. The predicted molar refractivity (Wildman–Crippen MR) is 135 cm³/mol. The quantitative estimate of drug-likeness (QED) is 0.0787. The van der Waals surface area contributed by atoms with Crippen molar-refractivity contribution in [2.45, 2.75) is 142 Å². The largest absolute Gasteiger partial charge is 1.00 e. The summed E-state index contributed by atoms with van der Waals surface area (Å²) in [6.45, 7) is 8.41. The molecule has 0 saturated heterocycles. The van der Waals surface area contributed by atoms with E-state index in [1.165, 1.54) is 146 Å². The van der Waals surface area contributed by atoms with Crippen LogP contribution < -0.4 is 17.0 Å². The highest BCUT2D eigenvalue weighted by Crippen LogP contribution is 2.15. The average Bonchev–Trinajstić information content (AvgIpc) is 2.71. The molecule has 0 fully saturated rings. The maximum absolute atomic E-state index is 6.14. The summed E-state index contributed by atoms with van der Waals surface area (Å²) in [5.74, 6) is 0.812. The standard InChI is InChI=1S/C27H57ClN.BrH/c1-4-6-8-10-12-14-16-18-20-22-25-29(3,27-24-28)26-23-21-19-17-15-13-11-9-7-5-2;/h4-27H2,1-3H3;1H/q+1;/p-1. The summed E-state index contributed by atoms with van der Waals surface area (Å²) in [6.07, 6.45) is 28.6. The first-order valence-electron chi connectivity index (χ1n) is 13.6. The second kappa shape index (κ2) is 26.0. The van der Waals surface area contributed by atoms with Gasteiger partial charge in [0.1, 0.15) is 0 Å². The van der Waals surface area contributed by atoms with Gasteiger partial charge in [0.05, 0.1) is 32.6 Å². The third kappa shape index (κ3) is 23.4. The number of alkyl halides is 1. The Balaban J connectivity index is 0. The van der Waals surface area contributed by atoms with Crippen LogP contribution in [-0.2, 0) is 0 Å². The Morgan fingerprint density at radius 2 is 0.700 bits per heavy atom. The van der Waals surface area contributed by atoms with Crippen LogP contribution in [0.15, 0.2) is 0 Å². The molecule has 0 aliphatic rings. The number of hydrogen-bond acceptors (Lipinski definition) is 0. The van der Waals surface area contributed by atoms with Gasteiger partial charge in [0.15, 0.2) is 0 Å². The van der Waals surface area contributed by atoms with Gasteiger partial charge in [0.2, 0.25) is 0 Å². The smallest absolute Gasteiger partial charge is 0.0922 e. The molecule has 0 aromatic heterocycles. The Labute approximate surface area is 207 Å². The van der Waals surface area contributed by atoms with E-state index in [2.05, 4.69) is 20.9 Å². The van der Waals surface area contributed by atoms with Crippen LogP contribution in [0, 0.1) is 0 Å². The molecule has 184 valence electrons. The lowest BCUT2D eigenvalue weighted by Gasteiger charge is -2.34. The van der Waals surface area contributed by atoms with E-state index in [9.17, 15) is 0 Å². The predicted octanol–water partition coefficient (Wildman–Crippen LogP) is 6.52. The molecule has 0 radical (unpaired) electrons. The highest BCUT2D eigenvalue weighted by Gasteiger charge is 2.19. The molecular formula is C27H57BrClN. The van der Waals surface area contributed by atoms with E-state index in [-0.39, 0.29) is 17.0 Å². The summed E-state index contributed by atoms with van der Waals surface area (Å²) < 4.78 is 1.21. The minimum Gasteiger partial charge on any atom is -1.00 e. The highest BCUT2D eigenvalue weighted by atomic mass is 79.9. The molecule has 1 nitrogen and oxygen atoms in total. The third-order valence-corrected chi connectivity index (χ3v) is 6.90. The van der Waals surface area contributed by atoms with Gasteiger partial charge in [-0.2, -0.15) is 0 Å². The Morgan fingerprint density at radius 1 is 0.433 bits per heavy atom. The number of quaternary nitrogens is 1. The molecular weight excluding hydrogens is 454 g/mol. The van der Waals surface area contributed by atoms with Crippen molar-refractivity contribution in [1.29, 1.82) is 0 Å². The lowest BCUT2D eigenvalue weighted by molar-refractivity contribution is -0.907. The van der Waals surface area contributed by atoms with Crippen molar-refractivity contribution in [3.05, 3.63) is 0 Å². The van der Waals surface area contributed by atoms with Gasteiger partial charge in [-0.1, -0.05) is 117 Å². The summed E-state index contributed by atoms with van der Waals surface area (Å²) in [6, 6.07) is 0. The van der Waals surface area contributed by atoms with Crippen molar-refractivity contribution in [1.82, 2.24) is 0 Å². The highest BCUT2D eigenvalue weighted by molar-refractivity contribution is 6.17. The molecule has 3 heteroatoms. The van der Waals surface area contributed by atoms with Gasteiger partial charge in [-0.05, 0) is 25.7 Å². The van der Waals surface area contributed by atoms with E-state index in [1.807, 2.05) is 0 Å². The Kier molecular flexibility index (Phi) is 28.5. The lowest BCUT2D eigenvalue weighted by Crippen LogP contribution is -3.00. The zero-order valence-corrected chi connectivity index (χ0v) is 23.5. The first kappa shape index (κ1) is 32.9. The van der Waals surface area contributed by atoms with Gasteiger partial charge in [-0.25, -0.2) is 0 Å². The second-order valence-corrected chi connectivity index (χ2v) is 10.2. The summed E-state index contributed by atoms with van der Waals surface area (Å²) in [5.41, 5.74) is 0. The van der Waals surface area contributed by atoms with E-state index < -0.39 is 0 Å². The van der Waals surface area contributed by atoms with Crippen molar-refractivity contribution in [3.8, 4) is 0 Å². The fourth-order valence-corrected chi connectivity index (χ4v) is 4.91. The number of hydrogen-bond donors (Lipinski definition) is 0. The minimum atomic E-state index is 0. The van der Waals surface area contributed by atoms with Crippen molar-refractivity contribution in [3.63, 3.8) is 0 Å². The SMILES string of the molecule is CCCCCCCCCCCC[N+](C)(CCCl)CCCCCCCCCCCC.[Br-]. The minimum absolute atomic E-state index is 0. The Hall–Kier alpha value is 0.730. The van der Waals surface area contributed by atoms with Crippen LogP contribution in [0.25, 0.3) is 0 Å². The molecule has 0 rings (SSSR count). The van der Waals surface area contributed by atoms with Crippen LogP contribution in [-0.4, -0.2) is 37.0 Å². The van der Waals surface area contributed by atoms with Crippen molar-refractivity contribution >= 4 is 11.6 Å². The van der Waals surface area contributed by atoms with Crippen LogP contribution in [0.5, 0.6) is 0 Å². The summed E-state index contributed by atoms with van der Waals surface area (Å²) in [5, 5.41) is 0. The Bertz CT molecular complexity index is 287. The van der Waals surface area contributed by atoms with E-state index in [0.29, 0.717) is 0 Å². The van der Waals surface area contributed by atoms with E-state index in [0.717, 1.165) is 12.4 Å². The van der Waals surface area contributed by atoms with Crippen molar-refractivity contribution in [2.75, 3.05) is 32.6 Å². The second-order valence-electron chi connectivity index (χ2n) is 9.84. The van der Waals surface area contributed by atoms with Crippen LogP contribution in [0.4, 0.5) is 0 Å². The number of nitrogens with zero attached hydrogens (tertiary/aromatic N) is 1. The van der Waals surface area contributed by atoms with Gasteiger partial charge >= 0.3 is 0 Å². The van der Waals surface area contributed by atoms with Crippen molar-refractivity contribution in [2.24, 2.45) is 0 Å². The number of halogens is 2. The van der Waals surface area contributed by atoms with Gasteiger partial charge in [0.25, 0.3) is 0 Å². The lowest BCUT2D eigenvalue weighted by atomic mass is 10.1.